The van der Waals surface area contributed by atoms with Crippen LogP contribution in [0.1, 0.15) is 53.6 Å². The number of Topliss-reactive ketones (excluding diaryl/α,β-unsaturated/α-hetero) is 1. The number of fused-ring (bicyclic) bond motifs is 1. The summed E-state index contributed by atoms with van der Waals surface area (Å²) in [7, 11) is 3.96. The van der Waals surface area contributed by atoms with Gasteiger partial charge in [-0.05, 0) is 69.2 Å². The molecule has 0 spiro atoms. The van der Waals surface area contributed by atoms with Gasteiger partial charge in [-0.3, -0.25) is 19.2 Å². The lowest BCUT2D eigenvalue weighted by Gasteiger charge is -2.37. The van der Waals surface area contributed by atoms with Crippen LogP contribution in [0.5, 0.6) is 0 Å². The molecule has 0 unspecified atom stereocenters. The van der Waals surface area contributed by atoms with E-state index >= 15 is 0 Å². The van der Waals surface area contributed by atoms with E-state index in [-0.39, 0.29) is 37.0 Å². The van der Waals surface area contributed by atoms with Gasteiger partial charge in [0.05, 0.1) is 10.0 Å². The fourth-order valence-corrected chi connectivity index (χ4v) is 5.57. The van der Waals surface area contributed by atoms with Crippen LogP contribution in [0.3, 0.4) is 0 Å². The molecule has 0 bridgehead atoms. The van der Waals surface area contributed by atoms with E-state index < -0.39 is 18.0 Å². The van der Waals surface area contributed by atoms with Crippen molar-refractivity contribution in [1.82, 2.24) is 15.1 Å². The van der Waals surface area contributed by atoms with Gasteiger partial charge in [0.25, 0.3) is 0 Å². The molecule has 0 saturated carbocycles. The predicted octanol–water partition coefficient (Wildman–Crippen LogP) is 5.77. The molecule has 0 saturated heterocycles. The fraction of sp³-hybridized carbons (Fsp3) is 0.353. The molecule has 0 radical (unpaired) electrons. The Morgan fingerprint density at radius 1 is 0.886 bits per heavy atom. The van der Waals surface area contributed by atoms with Crippen LogP contribution in [-0.4, -0.2) is 66.0 Å². The molecule has 4 rings (SSSR count). The van der Waals surface area contributed by atoms with Gasteiger partial charge in [-0.1, -0.05) is 77.8 Å². The van der Waals surface area contributed by atoms with Crippen LogP contribution >= 0.6 is 23.2 Å². The Bertz CT molecular complexity index is 1480. The van der Waals surface area contributed by atoms with Crippen LogP contribution in [0.2, 0.25) is 10.0 Å². The van der Waals surface area contributed by atoms with Gasteiger partial charge in [-0.25, -0.2) is 0 Å². The van der Waals surface area contributed by atoms with Crippen molar-refractivity contribution in [1.29, 1.82) is 0 Å². The topological polar surface area (TPSA) is 98.8 Å². The smallest absolute Gasteiger partial charge is 0.246 e. The Morgan fingerprint density at radius 3 is 2.30 bits per heavy atom. The third kappa shape index (κ3) is 9.14. The molecule has 1 aliphatic rings. The number of nitrogens with zero attached hydrogens (tertiary/aromatic N) is 2. The number of ketones is 1. The van der Waals surface area contributed by atoms with Crippen molar-refractivity contribution in [3.05, 3.63) is 99.5 Å². The molecule has 232 valence electrons. The van der Waals surface area contributed by atoms with Crippen LogP contribution in [0.15, 0.2) is 72.8 Å². The van der Waals surface area contributed by atoms with E-state index in [1.54, 1.807) is 42.5 Å². The van der Waals surface area contributed by atoms with Crippen molar-refractivity contribution >= 4 is 52.4 Å². The van der Waals surface area contributed by atoms with Gasteiger partial charge in [0, 0.05) is 37.1 Å². The molecule has 3 amide bonds. The molecule has 2 N–H and O–H groups in total. The van der Waals surface area contributed by atoms with Crippen LogP contribution in [0, 0.1) is 0 Å². The molecular formula is C34H38Cl2N4O4. The Kier molecular flexibility index (Phi) is 11.9. The average Bonchev–Trinajstić information content (AvgIpc) is 3.02. The summed E-state index contributed by atoms with van der Waals surface area (Å²) >= 11 is 12.2. The third-order valence-corrected chi connectivity index (χ3v) is 8.44. The highest BCUT2D eigenvalue weighted by Crippen LogP contribution is 2.27. The molecule has 0 aliphatic carbocycles. The van der Waals surface area contributed by atoms with Gasteiger partial charge in [-0.2, -0.15) is 0 Å². The summed E-state index contributed by atoms with van der Waals surface area (Å²) in [5.74, 6) is -1.21. The number of hydrogen-bond acceptors (Lipinski definition) is 5. The van der Waals surface area contributed by atoms with Crippen molar-refractivity contribution in [3.8, 4) is 0 Å². The minimum atomic E-state index is -0.840. The van der Waals surface area contributed by atoms with Gasteiger partial charge in [0.1, 0.15) is 12.1 Å². The summed E-state index contributed by atoms with van der Waals surface area (Å²) in [6.45, 7) is 1.09. The normalized spacial score (nSPS) is 14.9. The lowest BCUT2D eigenvalue weighted by molar-refractivity contribution is -0.142. The number of hydrogen-bond donors (Lipinski definition) is 2. The molecule has 3 aromatic rings. The number of anilines is 1. The number of halogens is 2. The van der Waals surface area contributed by atoms with Crippen LogP contribution in [0.25, 0.3) is 0 Å². The summed E-state index contributed by atoms with van der Waals surface area (Å²) in [5, 5.41) is 6.45. The quantitative estimate of drug-likeness (QED) is 0.183. The minimum Gasteiger partial charge on any atom is -0.342 e. The minimum absolute atomic E-state index is 0.0224. The van der Waals surface area contributed by atoms with Crippen molar-refractivity contribution in [2.45, 2.75) is 57.2 Å². The lowest BCUT2D eigenvalue weighted by Crippen LogP contribution is -2.56. The Balaban J connectivity index is 1.50. The van der Waals surface area contributed by atoms with Crippen molar-refractivity contribution < 1.29 is 19.2 Å². The molecule has 2 atom stereocenters. The monoisotopic (exact) mass is 636 g/mol. The van der Waals surface area contributed by atoms with E-state index in [2.05, 4.69) is 15.5 Å². The highest BCUT2D eigenvalue weighted by Gasteiger charge is 2.36. The van der Waals surface area contributed by atoms with Gasteiger partial charge in [-0.15, -0.1) is 0 Å². The number of carbonyl (C=O) groups is 4. The molecule has 1 aliphatic heterocycles. The van der Waals surface area contributed by atoms with E-state index in [1.165, 1.54) is 4.90 Å². The SMILES string of the molecule is CN(C)CCCC[C@H](NC(=O)[C@@H]1Cc2ccccc2CN1C(=O)CCC(=O)c1ccccc1)C(=O)Nc1ccc(Cl)c(Cl)c1. The zero-order valence-corrected chi connectivity index (χ0v) is 26.5. The zero-order valence-electron chi connectivity index (χ0n) is 25.0. The van der Waals surface area contributed by atoms with E-state index in [0.29, 0.717) is 40.6 Å². The maximum Gasteiger partial charge on any atom is 0.246 e. The molecular weight excluding hydrogens is 599 g/mol. The Morgan fingerprint density at radius 2 is 1.59 bits per heavy atom. The van der Waals surface area contributed by atoms with Crippen LogP contribution < -0.4 is 10.6 Å². The second-order valence-corrected chi connectivity index (χ2v) is 12.1. The van der Waals surface area contributed by atoms with Crippen LogP contribution in [0.4, 0.5) is 5.69 Å². The number of rotatable bonds is 13. The highest BCUT2D eigenvalue weighted by molar-refractivity contribution is 6.42. The maximum absolute atomic E-state index is 13.9. The van der Waals surface area contributed by atoms with Crippen molar-refractivity contribution in [2.24, 2.45) is 0 Å². The average molecular weight is 638 g/mol. The summed E-state index contributed by atoms with van der Waals surface area (Å²) in [6, 6.07) is 19.7. The lowest BCUT2D eigenvalue weighted by atomic mass is 9.92. The van der Waals surface area contributed by atoms with Gasteiger partial charge in [0.2, 0.25) is 17.7 Å². The molecule has 0 fully saturated rings. The first-order valence-corrected chi connectivity index (χ1v) is 15.5. The van der Waals surface area contributed by atoms with Gasteiger partial charge in [0.15, 0.2) is 5.78 Å². The van der Waals surface area contributed by atoms with E-state index in [4.69, 9.17) is 23.2 Å². The first-order valence-electron chi connectivity index (χ1n) is 14.8. The van der Waals surface area contributed by atoms with Gasteiger partial charge >= 0.3 is 0 Å². The fourth-order valence-electron chi connectivity index (χ4n) is 5.27. The first-order chi connectivity index (χ1) is 21.1. The van der Waals surface area contributed by atoms with Crippen molar-refractivity contribution in [3.63, 3.8) is 0 Å². The molecule has 0 aromatic heterocycles. The second-order valence-electron chi connectivity index (χ2n) is 11.3. The van der Waals surface area contributed by atoms with Crippen molar-refractivity contribution in [2.75, 3.05) is 26.0 Å². The summed E-state index contributed by atoms with van der Waals surface area (Å²) in [4.78, 5) is 57.2. The summed E-state index contributed by atoms with van der Waals surface area (Å²) in [6.07, 6.45) is 2.28. The molecule has 10 heteroatoms. The highest BCUT2D eigenvalue weighted by atomic mass is 35.5. The number of nitrogens with one attached hydrogen (secondary N) is 2. The first kappa shape index (κ1) is 33.2. The Hall–Kier alpha value is -3.72. The molecule has 8 nitrogen and oxygen atoms in total. The summed E-state index contributed by atoms with van der Waals surface area (Å²) in [5.41, 5.74) is 2.93. The molecule has 1 heterocycles. The molecule has 44 heavy (non-hydrogen) atoms. The number of carbonyl (C=O) groups excluding carboxylic acids is 4. The standard InChI is InChI=1S/C34H38Cl2N4O4/c1-39(2)19-9-8-14-29(33(43)37-26-15-16-27(35)28(36)21-26)38-34(44)30-20-24-12-6-7-13-25(24)22-40(30)32(42)18-17-31(41)23-10-4-3-5-11-23/h3-7,10-13,15-16,21,29-30H,8-9,14,17-20,22H2,1-2H3,(H,37,43)(H,38,44)/t29-,30-/m0/s1. The van der Waals surface area contributed by atoms with Gasteiger partial charge < -0.3 is 20.4 Å². The predicted molar refractivity (Wildman–Crippen MR) is 174 cm³/mol. The van der Waals surface area contributed by atoms with E-state index in [9.17, 15) is 19.2 Å². The van der Waals surface area contributed by atoms with E-state index in [0.717, 1.165) is 24.1 Å². The number of unbranched alkanes of at least 4 members (excludes halogenated alkanes) is 1. The maximum atomic E-state index is 13.9. The summed E-state index contributed by atoms with van der Waals surface area (Å²) < 4.78 is 0. The third-order valence-electron chi connectivity index (χ3n) is 7.70. The Labute approximate surface area is 268 Å². The van der Waals surface area contributed by atoms with E-state index in [1.807, 2.05) is 44.4 Å². The zero-order chi connectivity index (χ0) is 31.6. The van der Waals surface area contributed by atoms with Crippen LogP contribution in [-0.2, 0) is 27.3 Å². The molecule has 3 aromatic carbocycles. The number of benzene rings is 3. The second kappa shape index (κ2) is 15.8. The number of amides is 3. The largest absolute Gasteiger partial charge is 0.342 e.